The second kappa shape index (κ2) is 7.39. The van der Waals surface area contributed by atoms with Gasteiger partial charge in [-0.1, -0.05) is 25.5 Å². The van der Waals surface area contributed by atoms with E-state index in [1.165, 1.54) is 11.3 Å². The van der Waals surface area contributed by atoms with Crippen molar-refractivity contribution in [1.82, 2.24) is 10.9 Å². The Morgan fingerprint density at radius 2 is 1.84 bits per heavy atom. The van der Waals surface area contributed by atoms with Gasteiger partial charge < -0.3 is 5.11 Å². The highest BCUT2D eigenvalue weighted by molar-refractivity contribution is 7.10. The van der Waals surface area contributed by atoms with Crippen LogP contribution in [0.5, 0.6) is 0 Å². The maximum atomic E-state index is 12.5. The van der Waals surface area contributed by atoms with Gasteiger partial charge >= 0.3 is 5.97 Å². The first-order valence-corrected chi connectivity index (χ1v) is 9.48. The fraction of sp³-hybridized carbons (Fsp3) is 0.500. The molecular formula is C18H22N2O4S. The van der Waals surface area contributed by atoms with Crippen LogP contribution in [0.2, 0.25) is 0 Å². The van der Waals surface area contributed by atoms with E-state index in [0.717, 1.165) is 30.6 Å². The van der Waals surface area contributed by atoms with Crippen LogP contribution in [0.1, 0.15) is 41.4 Å². The summed E-state index contributed by atoms with van der Waals surface area (Å²) in [6, 6.07) is 1.82. The molecule has 3 aliphatic carbocycles. The summed E-state index contributed by atoms with van der Waals surface area (Å²) in [6.45, 7) is 2.07. The van der Waals surface area contributed by atoms with Crippen LogP contribution < -0.4 is 10.9 Å². The van der Waals surface area contributed by atoms with E-state index < -0.39 is 23.7 Å². The van der Waals surface area contributed by atoms with Crippen molar-refractivity contribution in [3.05, 3.63) is 34.0 Å². The normalized spacial score (nSPS) is 27.1. The number of carbonyl (C=O) groups is 3. The van der Waals surface area contributed by atoms with Crippen molar-refractivity contribution in [1.29, 1.82) is 0 Å². The molecule has 0 unspecified atom stereocenters. The Morgan fingerprint density at radius 1 is 1.16 bits per heavy atom. The Balaban J connectivity index is 1.62. The number of hydrazine groups is 1. The number of hydrogen-bond acceptors (Lipinski definition) is 4. The Morgan fingerprint density at radius 3 is 2.44 bits per heavy atom. The zero-order valence-corrected chi connectivity index (χ0v) is 14.8. The van der Waals surface area contributed by atoms with Gasteiger partial charge in [0.15, 0.2) is 0 Å². The van der Waals surface area contributed by atoms with Gasteiger partial charge in [0.1, 0.15) is 0 Å². The molecule has 25 heavy (non-hydrogen) atoms. The lowest BCUT2D eigenvalue weighted by Gasteiger charge is -2.41. The number of aliphatic carboxylic acids is 1. The molecule has 4 rings (SSSR count). The number of carboxylic acids is 1. The highest BCUT2D eigenvalue weighted by Crippen LogP contribution is 2.44. The van der Waals surface area contributed by atoms with E-state index in [0.29, 0.717) is 5.56 Å². The number of hydrogen-bond donors (Lipinski definition) is 3. The second-order valence-corrected chi connectivity index (χ2v) is 7.67. The molecule has 1 fully saturated rings. The number of fused-ring (bicyclic) bond motifs is 2. The fourth-order valence-corrected chi connectivity index (χ4v) is 4.81. The fourth-order valence-electron chi connectivity index (χ4n) is 3.84. The number of carbonyl (C=O) groups excluding carboxylic acids is 2. The minimum atomic E-state index is -0.951. The molecule has 0 aromatic carbocycles. The van der Waals surface area contributed by atoms with Crippen LogP contribution in [0.25, 0.3) is 0 Å². The maximum absolute atomic E-state index is 12.5. The van der Waals surface area contributed by atoms with Crippen LogP contribution in [0.4, 0.5) is 0 Å². The Labute approximate surface area is 150 Å². The lowest BCUT2D eigenvalue weighted by atomic mass is 9.62. The summed E-state index contributed by atoms with van der Waals surface area (Å²) in [5.41, 5.74) is 5.36. The zero-order valence-electron chi connectivity index (χ0n) is 14.0. The average Bonchev–Trinajstić information content (AvgIpc) is 3.08. The molecule has 1 aromatic heterocycles. The molecule has 3 aliphatic rings. The van der Waals surface area contributed by atoms with Gasteiger partial charge in [0.25, 0.3) is 5.91 Å². The van der Waals surface area contributed by atoms with E-state index in [1.54, 1.807) is 5.38 Å². The summed E-state index contributed by atoms with van der Waals surface area (Å²) >= 11 is 1.52. The average molecular weight is 362 g/mol. The number of rotatable bonds is 5. The molecule has 0 aliphatic heterocycles. The third-order valence-electron chi connectivity index (χ3n) is 5.05. The van der Waals surface area contributed by atoms with E-state index in [2.05, 4.69) is 17.8 Å². The van der Waals surface area contributed by atoms with Gasteiger partial charge in [-0.15, -0.1) is 11.3 Å². The minimum absolute atomic E-state index is 0.0830. The molecule has 6 nitrogen and oxygen atoms in total. The van der Waals surface area contributed by atoms with Gasteiger partial charge in [0, 0.05) is 10.3 Å². The molecule has 2 bridgehead atoms. The summed E-state index contributed by atoms with van der Waals surface area (Å²) < 4.78 is 0. The quantitative estimate of drug-likeness (QED) is 0.553. The van der Waals surface area contributed by atoms with Gasteiger partial charge in [-0.2, -0.15) is 0 Å². The smallest absolute Gasteiger partial charge is 0.307 e. The molecule has 0 spiro atoms. The van der Waals surface area contributed by atoms with Crippen molar-refractivity contribution < 1.29 is 19.5 Å². The minimum Gasteiger partial charge on any atom is -0.481 e. The first-order chi connectivity index (χ1) is 12.0. The van der Waals surface area contributed by atoms with Crippen LogP contribution in [-0.4, -0.2) is 22.9 Å². The monoisotopic (exact) mass is 362 g/mol. The van der Waals surface area contributed by atoms with Crippen LogP contribution in [0.3, 0.4) is 0 Å². The van der Waals surface area contributed by atoms with Gasteiger partial charge in [-0.25, -0.2) is 0 Å². The summed E-state index contributed by atoms with van der Waals surface area (Å²) in [6.07, 6.45) is 7.38. The highest BCUT2D eigenvalue weighted by atomic mass is 32.1. The Kier molecular flexibility index (Phi) is 5.22. The predicted molar refractivity (Wildman–Crippen MR) is 93.9 cm³/mol. The third kappa shape index (κ3) is 3.61. The number of allylic oxidation sites excluding steroid dienone is 2. The van der Waals surface area contributed by atoms with Crippen molar-refractivity contribution in [3.63, 3.8) is 0 Å². The van der Waals surface area contributed by atoms with Gasteiger partial charge in [-0.3, -0.25) is 25.2 Å². The zero-order chi connectivity index (χ0) is 18.0. The summed E-state index contributed by atoms with van der Waals surface area (Å²) in [5, 5.41) is 11.3. The SMILES string of the molecule is CCCc1cc(C(=O)NNC(=O)[C@H]2[C@@H](C(=O)O)[C@H]3C=C[C@@H]2CC3)cs1. The number of aryl methyl sites for hydroxylation is 1. The number of nitrogens with one attached hydrogen (secondary N) is 2. The first-order valence-electron chi connectivity index (χ1n) is 8.60. The predicted octanol–water partition coefficient (Wildman–Crippen LogP) is 2.37. The van der Waals surface area contributed by atoms with Gasteiger partial charge in [0.2, 0.25) is 5.91 Å². The molecule has 1 aromatic rings. The molecule has 134 valence electrons. The number of amides is 2. The van der Waals surface area contributed by atoms with E-state index >= 15 is 0 Å². The largest absolute Gasteiger partial charge is 0.481 e. The van der Waals surface area contributed by atoms with E-state index in [-0.39, 0.29) is 17.7 Å². The molecule has 0 saturated heterocycles. The van der Waals surface area contributed by atoms with Gasteiger partial charge in [0.05, 0.1) is 17.4 Å². The van der Waals surface area contributed by atoms with E-state index in [9.17, 15) is 19.5 Å². The lowest BCUT2D eigenvalue weighted by Crippen LogP contribution is -2.53. The van der Waals surface area contributed by atoms with Gasteiger partial charge in [-0.05, 0) is 37.2 Å². The van der Waals surface area contributed by atoms with Crippen molar-refractivity contribution >= 4 is 29.1 Å². The molecule has 7 heteroatoms. The van der Waals surface area contributed by atoms with Crippen molar-refractivity contribution in [3.8, 4) is 0 Å². The molecular weight excluding hydrogens is 340 g/mol. The maximum Gasteiger partial charge on any atom is 0.307 e. The summed E-state index contributed by atoms with van der Waals surface area (Å²) in [7, 11) is 0. The number of carboxylic acid groups (broad SMARTS) is 1. The van der Waals surface area contributed by atoms with Crippen molar-refractivity contribution in [2.45, 2.75) is 32.6 Å². The summed E-state index contributed by atoms with van der Waals surface area (Å²) in [4.78, 5) is 37.4. The Hall–Kier alpha value is -2.15. The van der Waals surface area contributed by atoms with E-state index in [4.69, 9.17) is 0 Å². The first kappa shape index (κ1) is 17.7. The van der Waals surface area contributed by atoms with Crippen LogP contribution >= 0.6 is 11.3 Å². The molecule has 2 amide bonds. The molecule has 0 radical (unpaired) electrons. The van der Waals surface area contributed by atoms with Crippen molar-refractivity contribution in [2.75, 3.05) is 0 Å². The highest BCUT2D eigenvalue weighted by Gasteiger charge is 2.48. The van der Waals surface area contributed by atoms with Crippen LogP contribution in [-0.2, 0) is 16.0 Å². The standard InChI is InChI=1S/C18H22N2O4S/c1-2-3-13-8-12(9-25-13)16(21)19-20-17(22)14-10-4-6-11(7-5-10)15(14)18(23)24/h4,6,8-11,14-15H,2-3,5,7H2,1H3,(H,19,21)(H,20,22)(H,23,24)/t10-,11+,14-,15+/m1/s1. The van der Waals surface area contributed by atoms with Crippen LogP contribution in [0.15, 0.2) is 23.6 Å². The molecule has 3 N–H and O–H groups in total. The molecule has 1 saturated carbocycles. The van der Waals surface area contributed by atoms with E-state index in [1.807, 2.05) is 18.2 Å². The summed E-state index contributed by atoms with van der Waals surface area (Å²) in [5.74, 6) is -3.31. The topological polar surface area (TPSA) is 95.5 Å². The van der Waals surface area contributed by atoms with Crippen LogP contribution in [0, 0.1) is 23.7 Å². The second-order valence-electron chi connectivity index (χ2n) is 6.67. The number of thiophene rings is 1. The molecule has 4 atom stereocenters. The lowest BCUT2D eigenvalue weighted by molar-refractivity contribution is -0.153. The molecule has 1 heterocycles. The third-order valence-corrected chi connectivity index (χ3v) is 6.04. The van der Waals surface area contributed by atoms with Crippen molar-refractivity contribution in [2.24, 2.45) is 23.7 Å². The Bertz CT molecular complexity index is 712.